The van der Waals surface area contributed by atoms with Crippen LogP contribution in [-0.2, 0) is 0 Å². The van der Waals surface area contributed by atoms with Crippen LogP contribution in [0.3, 0.4) is 0 Å². The van der Waals surface area contributed by atoms with Crippen molar-refractivity contribution in [3.63, 3.8) is 0 Å². The fourth-order valence-corrected chi connectivity index (χ4v) is 3.19. The Balaban J connectivity index is 1.52. The Morgan fingerprint density at radius 3 is 2.25 bits per heavy atom. The van der Waals surface area contributed by atoms with E-state index in [1.807, 2.05) is 30.3 Å². The van der Waals surface area contributed by atoms with Crippen LogP contribution in [0.1, 0.15) is 24.5 Å². The quantitative estimate of drug-likeness (QED) is 0.878. The number of nitrogens with one attached hydrogen (secondary N) is 1. The average molecular weight is 332 g/mol. The minimum atomic E-state index is -1.15. The summed E-state index contributed by atoms with van der Waals surface area (Å²) in [4.78, 5) is 2.06. The van der Waals surface area contributed by atoms with Gasteiger partial charge in [0.2, 0.25) is 0 Å². The van der Waals surface area contributed by atoms with E-state index >= 15 is 0 Å². The van der Waals surface area contributed by atoms with Crippen molar-refractivity contribution in [3.8, 4) is 0 Å². The maximum absolute atomic E-state index is 13.7. The van der Waals surface area contributed by atoms with Gasteiger partial charge in [0.1, 0.15) is 11.6 Å². The second-order valence-electron chi connectivity index (χ2n) is 6.24. The molecule has 3 nitrogen and oxygen atoms in total. The van der Waals surface area contributed by atoms with Crippen LogP contribution >= 0.6 is 0 Å². The molecule has 2 aromatic rings. The number of piperidine rings is 1. The molecule has 1 saturated heterocycles. The molecule has 0 spiro atoms. The van der Waals surface area contributed by atoms with Gasteiger partial charge < -0.3 is 15.3 Å². The Labute approximate surface area is 140 Å². The molecule has 1 fully saturated rings. The number of nitrogens with zero attached hydrogens (tertiary/aromatic N) is 1. The Kier molecular flexibility index (Phi) is 5.43. The number of rotatable bonds is 5. The summed E-state index contributed by atoms with van der Waals surface area (Å²) < 4.78 is 27.5. The highest BCUT2D eigenvalue weighted by Gasteiger charge is 2.24. The molecule has 5 heteroatoms. The lowest BCUT2D eigenvalue weighted by Crippen LogP contribution is -2.41. The third-order valence-corrected chi connectivity index (χ3v) is 4.50. The summed E-state index contributed by atoms with van der Waals surface area (Å²) in [7, 11) is 0. The number of halogens is 2. The van der Waals surface area contributed by atoms with Gasteiger partial charge in [-0.3, -0.25) is 0 Å². The van der Waals surface area contributed by atoms with E-state index in [1.54, 1.807) is 0 Å². The zero-order valence-electron chi connectivity index (χ0n) is 13.5. The predicted molar refractivity (Wildman–Crippen MR) is 90.8 cm³/mol. The first kappa shape index (κ1) is 16.9. The van der Waals surface area contributed by atoms with E-state index in [2.05, 4.69) is 10.2 Å². The number of aliphatic hydroxyl groups excluding tert-OH is 1. The average Bonchev–Trinajstić information content (AvgIpc) is 2.57. The number of benzene rings is 2. The van der Waals surface area contributed by atoms with Gasteiger partial charge in [-0.15, -0.1) is 0 Å². The maximum Gasteiger partial charge on any atom is 0.131 e. The van der Waals surface area contributed by atoms with Gasteiger partial charge in [-0.25, -0.2) is 8.78 Å². The highest BCUT2D eigenvalue weighted by Crippen LogP contribution is 2.23. The largest absolute Gasteiger partial charge is 0.387 e. The van der Waals surface area contributed by atoms with E-state index < -0.39 is 17.7 Å². The number of anilines is 1. The van der Waals surface area contributed by atoms with E-state index in [1.165, 1.54) is 18.2 Å². The number of aliphatic hydroxyl groups is 1. The zero-order chi connectivity index (χ0) is 16.9. The first-order valence-corrected chi connectivity index (χ1v) is 8.29. The van der Waals surface area contributed by atoms with Gasteiger partial charge in [0.15, 0.2) is 0 Å². The lowest BCUT2D eigenvalue weighted by molar-refractivity contribution is 0.0937. The summed E-state index contributed by atoms with van der Waals surface area (Å²) >= 11 is 0. The highest BCUT2D eigenvalue weighted by atomic mass is 19.1. The molecule has 0 radical (unpaired) electrons. The standard InChI is InChI=1S/C19H22F2N2O/c20-16-7-4-8-17(21)19(16)18(24)13-23-11-9-15(10-12-23)22-14-5-2-1-3-6-14/h1-8,15,18,22,24H,9-13H2. The van der Waals surface area contributed by atoms with Crippen molar-refractivity contribution in [2.75, 3.05) is 25.0 Å². The first-order chi connectivity index (χ1) is 11.6. The summed E-state index contributed by atoms with van der Waals surface area (Å²) in [5, 5.41) is 13.7. The van der Waals surface area contributed by atoms with Crippen molar-refractivity contribution in [1.82, 2.24) is 4.90 Å². The van der Waals surface area contributed by atoms with Crippen LogP contribution in [0.25, 0.3) is 0 Å². The molecular weight excluding hydrogens is 310 g/mol. The molecule has 128 valence electrons. The zero-order valence-corrected chi connectivity index (χ0v) is 13.5. The molecule has 1 aliphatic rings. The van der Waals surface area contributed by atoms with Gasteiger partial charge in [0.25, 0.3) is 0 Å². The van der Waals surface area contributed by atoms with Gasteiger partial charge in [-0.2, -0.15) is 0 Å². The molecule has 1 aliphatic heterocycles. The van der Waals surface area contributed by atoms with E-state index in [9.17, 15) is 13.9 Å². The molecule has 2 N–H and O–H groups in total. The van der Waals surface area contributed by atoms with Gasteiger partial charge in [0.05, 0.1) is 11.7 Å². The molecule has 1 atom stereocenters. The van der Waals surface area contributed by atoms with Crippen LogP contribution < -0.4 is 5.32 Å². The molecule has 2 aromatic carbocycles. The molecule has 0 aromatic heterocycles. The van der Waals surface area contributed by atoms with E-state index in [-0.39, 0.29) is 12.1 Å². The van der Waals surface area contributed by atoms with Crippen LogP contribution in [0.2, 0.25) is 0 Å². The topological polar surface area (TPSA) is 35.5 Å². The van der Waals surface area contributed by atoms with Crippen molar-refractivity contribution in [2.45, 2.75) is 25.0 Å². The number of likely N-dealkylation sites (tertiary alicyclic amines) is 1. The summed E-state index contributed by atoms with van der Waals surface area (Å²) in [6, 6.07) is 14.1. The number of hydrogen-bond donors (Lipinski definition) is 2. The molecule has 24 heavy (non-hydrogen) atoms. The minimum absolute atomic E-state index is 0.234. The minimum Gasteiger partial charge on any atom is -0.387 e. The molecule has 0 saturated carbocycles. The van der Waals surface area contributed by atoms with Crippen LogP contribution in [0.15, 0.2) is 48.5 Å². The number of para-hydroxylation sites is 1. The molecule has 3 rings (SSSR count). The van der Waals surface area contributed by atoms with Crippen LogP contribution in [-0.4, -0.2) is 35.7 Å². The SMILES string of the molecule is OC(CN1CCC(Nc2ccccc2)CC1)c1c(F)cccc1F. The molecular formula is C19H22F2N2O. The van der Waals surface area contributed by atoms with Gasteiger partial charge >= 0.3 is 0 Å². The Bertz CT molecular complexity index is 637. The molecule has 1 heterocycles. The lowest BCUT2D eigenvalue weighted by Gasteiger charge is -2.34. The second-order valence-corrected chi connectivity index (χ2v) is 6.24. The smallest absolute Gasteiger partial charge is 0.131 e. The van der Waals surface area contributed by atoms with Gasteiger partial charge in [-0.1, -0.05) is 24.3 Å². The van der Waals surface area contributed by atoms with Crippen molar-refractivity contribution < 1.29 is 13.9 Å². The highest BCUT2D eigenvalue weighted by molar-refractivity contribution is 5.43. The van der Waals surface area contributed by atoms with Crippen LogP contribution in [0.5, 0.6) is 0 Å². The molecule has 0 amide bonds. The fourth-order valence-electron chi connectivity index (χ4n) is 3.19. The van der Waals surface area contributed by atoms with Crippen LogP contribution in [0.4, 0.5) is 14.5 Å². The summed E-state index contributed by atoms with van der Waals surface area (Å²) in [5.74, 6) is -1.38. The molecule has 0 aliphatic carbocycles. The third kappa shape index (κ3) is 4.10. The van der Waals surface area contributed by atoms with Gasteiger partial charge in [0, 0.05) is 31.4 Å². The monoisotopic (exact) mass is 332 g/mol. The third-order valence-electron chi connectivity index (χ3n) is 4.50. The Morgan fingerprint density at radius 2 is 1.62 bits per heavy atom. The lowest BCUT2D eigenvalue weighted by atomic mass is 10.0. The first-order valence-electron chi connectivity index (χ1n) is 8.29. The summed E-state index contributed by atoms with van der Waals surface area (Å²) in [6.45, 7) is 1.82. The van der Waals surface area contributed by atoms with Crippen molar-refractivity contribution >= 4 is 5.69 Å². The second kappa shape index (κ2) is 7.73. The summed E-state index contributed by atoms with van der Waals surface area (Å²) in [6.07, 6.45) is 0.716. The maximum atomic E-state index is 13.7. The number of β-amino-alcohol motifs (C(OH)–C–C–N with tert-alkyl or cyclic N) is 1. The summed E-state index contributed by atoms with van der Waals surface area (Å²) in [5.41, 5.74) is 0.867. The van der Waals surface area contributed by atoms with E-state index in [0.717, 1.165) is 31.6 Å². The number of hydrogen-bond acceptors (Lipinski definition) is 3. The van der Waals surface area contributed by atoms with Crippen molar-refractivity contribution in [2.24, 2.45) is 0 Å². The van der Waals surface area contributed by atoms with Crippen LogP contribution in [0, 0.1) is 11.6 Å². The normalized spacial score (nSPS) is 17.6. The van der Waals surface area contributed by atoms with Gasteiger partial charge in [-0.05, 0) is 37.1 Å². The predicted octanol–water partition coefficient (Wildman–Crippen LogP) is 3.57. The Morgan fingerprint density at radius 1 is 1.00 bits per heavy atom. The van der Waals surface area contributed by atoms with Crippen molar-refractivity contribution in [3.05, 3.63) is 65.7 Å². The fraction of sp³-hybridized carbons (Fsp3) is 0.368. The van der Waals surface area contributed by atoms with E-state index in [0.29, 0.717) is 6.04 Å². The Hall–Kier alpha value is -1.98. The van der Waals surface area contributed by atoms with E-state index in [4.69, 9.17) is 0 Å². The molecule has 1 unspecified atom stereocenters. The van der Waals surface area contributed by atoms with Crippen molar-refractivity contribution in [1.29, 1.82) is 0 Å². The molecule has 0 bridgehead atoms.